The van der Waals surface area contributed by atoms with Gasteiger partial charge in [0.05, 0.1) is 11.3 Å². The summed E-state index contributed by atoms with van der Waals surface area (Å²) in [6.45, 7) is 0. The maximum Gasteiger partial charge on any atom is 0.238 e. The van der Waals surface area contributed by atoms with E-state index in [9.17, 15) is 9.59 Å². The van der Waals surface area contributed by atoms with Crippen molar-refractivity contribution in [2.75, 3.05) is 0 Å². The normalized spacial score (nSPS) is 33.9. The van der Waals surface area contributed by atoms with Crippen molar-refractivity contribution >= 4 is 11.8 Å². The molecule has 1 saturated heterocycles. The zero-order valence-electron chi connectivity index (χ0n) is 7.49. The van der Waals surface area contributed by atoms with Crippen LogP contribution in [-0.4, -0.2) is 11.8 Å². The van der Waals surface area contributed by atoms with Gasteiger partial charge in [0, 0.05) is 0 Å². The van der Waals surface area contributed by atoms with Crippen molar-refractivity contribution in [3.63, 3.8) is 0 Å². The van der Waals surface area contributed by atoms with Crippen molar-refractivity contribution in [3.05, 3.63) is 35.9 Å². The molecule has 1 aliphatic carbocycles. The van der Waals surface area contributed by atoms with Crippen molar-refractivity contribution in [2.24, 2.45) is 5.92 Å². The molecular formula is C11H9NO2. The van der Waals surface area contributed by atoms with Crippen LogP contribution in [0, 0.1) is 5.92 Å². The van der Waals surface area contributed by atoms with Crippen LogP contribution in [0.3, 0.4) is 0 Å². The first-order chi connectivity index (χ1) is 6.75. The molecule has 1 aromatic carbocycles. The molecule has 2 fully saturated rings. The van der Waals surface area contributed by atoms with Crippen molar-refractivity contribution in [2.45, 2.75) is 11.8 Å². The highest BCUT2D eigenvalue weighted by Crippen LogP contribution is 2.57. The fraction of sp³-hybridized carbons (Fsp3) is 0.273. The van der Waals surface area contributed by atoms with Crippen LogP contribution in [0.5, 0.6) is 0 Å². The summed E-state index contributed by atoms with van der Waals surface area (Å²) in [5.74, 6) is -0.352. The van der Waals surface area contributed by atoms with Crippen LogP contribution in [0.4, 0.5) is 0 Å². The lowest BCUT2D eigenvalue weighted by atomic mass is 9.94. The maximum atomic E-state index is 11.6. The molecule has 0 aromatic heterocycles. The first kappa shape index (κ1) is 7.74. The number of hydrogen-bond acceptors (Lipinski definition) is 2. The van der Waals surface area contributed by atoms with Crippen LogP contribution in [0.1, 0.15) is 12.0 Å². The molecule has 1 heterocycles. The molecule has 1 saturated carbocycles. The van der Waals surface area contributed by atoms with Gasteiger partial charge in [0.1, 0.15) is 0 Å². The highest BCUT2D eigenvalue weighted by atomic mass is 16.2. The Kier molecular flexibility index (Phi) is 1.23. The van der Waals surface area contributed by atoms with Crippen molar-refractivity contribution in [1.29, 1.82) is 0 Å². The number of rotatable bonds is 1. The summed E-state index contributed by atoms with van der Waals surface area (Å²) in [6, 6.07) is 9.54. The fourth-order valence-corrected chi connectivity index (χ4v) is 2.33. The third kappa shape index (κ3) is 0.726. The second-order valence-corrected chi connectivity index (χ2v) is 3.91. The molecule has 0 radical (unpaired) electrons. The van der Waals surface area contributed by atoms with E-state index in [0.29, 0.717) is 6.42 Å². The molecule has 2 amide bonds. The summed E-state index contributed by atoms with van der Waals surface area (Å²) in [7, 11) is 0. The Balaban J connectivity index is 2.09. The third-order valence-electron chi connectivity index (χ3n) is 3.21. The molecule has 1 aromatic rings. The molecule has 3 heteroatoms. The van der Waals surface area contributed by atoms with Gasteiger partial charge in [0.15, 0.2) is 0 Å². The SMILES string of the molecule is O=C1NC(=O)[C@@]2(c3ccccc3)CC12. The van der Waals surface area contributed by atoms with E-state index in [2.05, 4.69) is 5.32 Å². The lowest BCUT2D eigenvalue weighted by Crippen LogP contribution is -2.30. The van der Waals surface area contributed by atoms with Crippen LogP contribution >= 0.6 is 0 Å². The Morgan fingerprint density at radius 1 is 1.21 bits per heavy atom. The number of piperidine rings is 1. The van der Waals surface area contributed by atoms with Crippen molar-refractivity contribution in [3.8, 4) is 0 Å². The number of imide groups is 1. The van der Waals surface area contributed by atoms with Gasteiger partial charge in [-0.15, -0.1) is 0 Å². The molecule has 3 rings (SSSR count). The maximum absolute atomic E-state index is 11.6. The average Bonchev–Trinajstić information content (AvgIpc) is 2.90. The van der Waals surface area contributed by atoms with Crippen LogP contribution in [0.15, 0.2) is 30.3 Å². The highest BCUT2D eigenvalue weighted by Gasteiger charge is 2.69. The Labute approximate surface area is 81.1 Å². The van der Waals surface area contributed by atoms with Gasteiger partial charge in [0.25, 0.3) is 0 Å². The molecule has 70 valence electrons. The first-order valence-corrected chi connectivity index (χ1v) is 4.66. The Morgan fingerprint density at radius 2 is 1.93 bits per heavy atom. The number of amides is 2. The minimum absolute atomic E-state index is 0.112. The van der Waals surface area contributed by atoms with Gasteiger partial charge in [-0.3, -0.25) is 14.9 Å². The van der Waals surface area contributed by atoms with E-state index in [0.717, 1.165) is 5.56 Å². The van der Waals surface area contributed by atoms with Gasteiger partial charge in [-0.05, 0) is 12.0 Å². The third-order valence-corrected chi connectivity index (χ3v) is 3.21. The second-order valence-electron chi connectivity index (χ2n) is 3.91. The van der Waals surface area contributed by atoms with Crippen molar-refractivity contribution < 1.29 is 9.59 Å². The number of hydrogen-bond donors (Lipinski definition) is 1. The molecule has 1 aliphatic heterocycles. The number of fused-ring (bicyclic) bond motifs is 1. The van der Waals surface area contributed by atoms with E-state index in [4.69, 9.17) is 0 Å². The Hall–Kier alpha value is -1.64. The second kappa shape index (κ2) is 2.23. The highest BCUT2D eigenvalue weighted by molar-refractivity contribution is 6.15. The number of carbonyl (C=O) groups excluding carboxylic acids is 2. The van der Waals surface area contributed by atoms with E-state index in [1.54, 1.807) is 0 Å². The Morgan fingerprint density at radius 3 is 2.43 bits per heavy atom. The molecule has 14 heavy (non-hydrogen) atoms. The minimum atomic E-state index is -0.516. The standard InChI is InChI=1S/C11H9NO2/c13-9-8-6-11(8,10(14)12-9)7-4-2-1-3-5-7/h1-5,8H,6H2,(H,12,13,14)/t8?,11-/m1/s1. The molecule has 2 aliphatic rings. The molecule has 0 bridgehead atoms. The van der Waals surface area contributed by atoms with Gasteiger partial charge in [-0.25, -0.2) is 0 Å². The summed E-state index contributed by atoms with van der Waals surface area (Å²) in [6.07, 6.45) is 0.682. The molecule has 3 nitrogen and oxygen atoms in total. The van der Waals surface area contributed by atoms with E-state index >= 15 is 0 Å². The predicted octanol–water partition coefficient (Wildman–Crippen LogP) is 0.601. The summed E-state index contributed by atoms with van der Waals surface area (Å²) < 4.78 is 0. The lowest BCUT2D eigenvalue weighted by molar-refractivity contribution is -0.127. The van der Waals surface area contributed by atoms with Crippen molar-refractivity contribution in [1.82, 2.24) is 5.32 Å². The van der Waals surface area contributed by atoms with E-state index < -0.39 is 5.41 Å². The topological polar surface area (TPSA) is 46.2 Å². The molecule has 0 spiro atoms. The smallest absolute Gasteiger partial charge is 0.238 e. The van der Waals surface area contributed by atoms with Crippen LogP contribution < -0.4 is 5.32 Å². The molecule has 1 N–H and O–H groups in total. The fourth-order valence-electron chi connectivity index (χ4n) is 2.33. The van der Waals surface area contributed by atoms with Gasteiger partial charge >= 0.3 is 0 Å². The van der Waals surface area contributed by atoms with E-state index in [1.807, 2.05) is 30.3 Å². The monoisotopic (exact) mass is 187 g/mol. The first-order valence-electron chi connectivity index (χ1n) is 4.66. The number of nitrogens with one attached hydrogen (secondary N) is 1. The van der Waals surface area contributed by atoms with Gasteiger partial charge in [0.2, 0.25) is 11.8 Å². The summed E-state index contributed by atoms with van der Waals surface area (Å²) in [4.78, 5) is 22.9. The largest absolute Gasteiger partial charge is 0.295 e. The molecular weight excluding hydrogens is 178 g/mol. The van der Waals surface area contributed by atoms with Crippen LogP contribution in [0.25, 0.3) is 0 Å². The summed E-state index contributed by atoms with van der Waals surface area (Å²) >= 11 is 0. The summed E-state index contributed by atoms with van der Waals surface area (Å²) in [5, 5.41) is 2.38. The quantitative estimate of drug-likeness (QED) is 0.654. The van der Waals surface area contributed by atoms with E-state index in [1.165, 1.54) is 0 Å². The lowest BCUT2D eigenvalue weighted by Gasteiger charge is -2.08. The Bertz CT molecular complexity index is 426. The number of benzene rings is 1. The average molecular weight is 187 g/mol. The zero-order valence-corrected chi connectivity index (χ0v) is 7.49. The predicted molar refractivity (Wildman–Crippen MR) is 49.4 cm³/mol. The van der Waals surface area contributed by atoms with Gasteiger partial charge in [-0.1, -0.05) is 30.3 Å². The van der Waals surface area contributed by atoms with Crippen LogP contribution in [0.2, 0.25) is 0 Å². The summed E-state index contributed by atoms with van der Waals surface area (Å²) in [5.41, 5.74) is 0.451. The zero-order chi connectivity index (χ0) is 9.76. The minimum Gasteiger partial charge on any atom is -0.295 e. The van der Waals surface area contributed by atoms with Gasteiger partial charge in [-0.2, -0.15) is 0 Å². The molecule has 2 atom stereocenters. The van der Waals surface area contributed by atoms with Gasteiger partial charge < -0.3 is 0 Å². The number of carbonyl (C=O) groups is 2. The van der Waals surface area contributed by atoms with E-state index in [-0.39, 0.29) is 17.7 Å². The molecule has 1 unspecified atom stereocenters. The van der Waals surface area contributed by atoms with Crippen LogP contribution in [-0.2, 0) is 15.0 Å².